The van der Waals surface area contributed by atoms with Crippen LogP contribution in [0.5, 0.6) is 11.5 Å². The van der Waals surface area contributed by atoms with Crippen LogP contribution >= 0.6 is 11.6 Å². The number of ether oxygens (including phenoxy) is 1. The molecule has 1 saturated carbocycles. The van der Waals surface area contributed by atoms with Gasteiger partial charge >= 0.3 is 0 Å². The number of nitrogens with zero attached hydrogens (tertiary/aromatic N) is 2. The zero-order valence-electron chi connectivity index (χ0n) is 14.5. The van der Waals surface area contributed by atoms with Crippen LogP contribution in [0.1, 0.15) is 37.3 Å². The van der Waals surface area contributed by atoms with Crippen LogP contribution in [0.4, 0.5) is 5.69 Å². The number of rotatable bonds is 5. The highest BCUT2D eigenvalue weighted by Crippen LogP contribution is 2.30. The van der Waals surface area contributed by atoms with E-state index in [1.54, 1.807) is 6.07 Å². The second-order valence-electron chi connectivity index (χ2n) is 6.64. The molecule has 0 amide bonds. The second kappa shape index (κ2) is 7.79. The van der Waals surface area contributed by atoms with E-state index in [4.69, 9.17) is 16.3 Å². The molecular formula is C22H21ClN2O. The zero-order valence-corrected chi connectivity index (χ0v) is 15.3. The lowest BCUT2D eigenvalue weighted by Gasteiger charge is -2.10. The van der Waals surface area contributed by atoms with E-state index in [1.165, 1.54) is 25.7 Å². The van der Waals surface area contributed by atoms with E-state index < -0.39 is 0 Å². The van der Waals surface area contributed by atoms with Crippen molar-refractivity contribution in [3.63, 3.8) is 0 Å². The molecule has 3 aromatic rings. The van der Waals surface area contributed by atoms with E-state index in [9.17, 15) is 0 Å². The summed E-state index contributed by atoms with van der Waals surface area (Å²) in [6.45, 7) is 0. The van der Waals surface area contributed by atoms with Crippen LogP contribution in [0.15, 0.2) is 72.0 Å². The fraction of sp³-hybridized carbons (Fsp3) is 0.227. The normalized spacial score (nSPS) is 15.0. The standard InChI is InChI=1S/C22H21ClN2O/c23-18-4-3-7-22(14-18)26-21-10-8-19(9-11-21)24-15-17-12-13-25(16-17)20-5-1-2-6-20/h3-4,7-16,20H,1-2,5-6H2. The lowest BCUT2D eigenvalue weighted by molar-refractivity contribution is 0.483. The SMILES string of the molecule is Clc1cccc(Oc2ccc(N=Cc3ccn(C4CCCC4)c3)cc2)c1. The zero-order chi connectivity index (χ0) is 17.8. The maximum atomic E-state index is 5.98. The van der Waals surface area contributed by atoms with Gasteiger partial charge in [-0.2, -0.15) is 0 Å². The summed E-state index contributed by atoms with van der Waals surface area (Å²) < 4.78 is 8.13. The Balaban J connectivity index is 1.40. The maximum Gasteiger partial charge on any atom is 0.128 e. The smallest absolute Gasteiger partial charge is 0.128 e. The number of benzene rings is 2. The Hall–Kier alpha value is -2.52. The van der Waals surface area contributed by atoms with Crippen molar-refractivity contribution in [3.8, 4) is 11.5 Å². The first kappa shape index (κ1) is 16.9. The second-order valence-corrected chi connectivity index (χ2v) is 7.08. The van der Waals surface area contributed by atoms with E-state index in [0.29, 0.717) is 11.1 Å². The van der Waals surface area contributed by atoms with Gasteiger partial charge in [0.25, 0.3) is 0 Å². The number of halogens is 1. The van der Waals surface area contributed by atoms with Gasteiger partial charge < -0.3 is 9.30 Å². The molecule has 2 aromatic carbocycles. The molecule has 1 aliphatic rings. The molecule has 0 N–H and O–H groups in total. The largest absolute Gasteiger partial charge is 0.457 e. The van der Waals surface area contributed by atoms with Crippen LogP contribution < -0.4 is 4.74 Å². The fourth-order valence-electron chi connectivity index (χ4n) is 3.35. The van der Waals surface area contributed by atoms with Crippen molar-refractivity contribution >= 4 is 23.5 Å². The van der Waals surface area contributed by atoms with Crippen LogP contribution in [-0.2, 0) is 0 Å². The van der Waals surface area contributed by atoms with Crippen LogP contribution in [0, 0.1) is 0 Å². The molecule has 1 heterocycles. The van der Waals surface area contributed by atoms with E-state index in [0.717, 1.165) is 22.7 Å². The molecule has 132 valence electrons. The quantitative estimate of drug-likeness (QED) is 0.457. The number of hydrogen-bond acceptors (Lipinski definition) is 2. The van der Waals surface area contributed by atoms with Gasteiger partial charge in [0.1, 0.15) is 11.5 Å². The van der Waals surface area contributed by atoms with E-state index in [1.807, 2.05) is 48.7 Å². The van der Waals surface area contributed by atoms with Gasteiger partial charge in [-0.15, -0.1) is 0 Å². The Morgan fingerprint density at radius 1 is 1.00 bits per heavy atom. The third kappa shape index (κ3) is 4.17. The maximum absolute atomic E-state index is 5.98. The average Bonchev–Trinajstić information content (AvgIpc) is 3.33. The van der Waals surface area contributed by atoms with Crippen LogP contribution in [0.25, 0.3) is 0 Å². The molecule has 0 aliphatic heterocycles. The molecule has 4 heteroatoms. The molecule has 4 rings (SSSR count). The highest BCUT2D eigenvalue weighted by molar-refractivity contribution is 6.30. The molecule has 3 nitrogen and oxygen atoms in total. The van der Waals surface area contributed by atoms with Gasteiger partial charge in [0.05, 0.1) is 5.69 Å². The Morgan fingerprint density at radius 3 is 2.58 bits per heavy atom. The predicted octanol–water partition coefficient (Wildman–Crippen LogP) is 6.80. The molecule has 0 spiro atoms. The number of aliphatic imine (C=N–C) groups is 1. The first-order valence-corrected chi connectivity index (χ1v) is 9.39. The van der Waals surface area contributed by atoms with Gasteiger partial charge in [0.15, 0.2) is 0 Å². The van der Waals surface area contributed by atoms with Crippen LogP contribution in [0.2, 0.25) is 5.02 Å². The molecule has 1 aliphatic carbocycles. The highest BCUT2D eigenvalue weighted by atomic mass is 35.5. The summed E-state index contributed by atoms with van der Waals surface area (Å²) in [4.78, 5) is 4.56. The Kier molecular flexibility index (Phi) is 5.07. The molecule has 0 saturated heterocycles. The number of aromatic nitrogens is 1. The van der Waals surface area contributed by atoms with Crippen molar-refractivity contribution < 1.29 is 4.74 Å². The van der Waals surface area contributed by atoms with Gasteiger partial charge in [0.2, 0.25) is 0 Å². The molecule has 26 heavy (non-hydrogen) atoms. The predicted molar refractivity (Wildman–Crippen MR) is 107 cm³/mol. The first-order valence-electron chi connectivity index (χ1n) is 9.01. The van der Waals surface area contributed by atoms with E-state index in [-0.39, 0.29) is 0 Å². The summed E-state index contributed by atoms with van der Waals surface area (Å²) in [5.74, 6) is 1.49. The Labute approximate surface area is 158 Å². The van der Waals surface area contributed by atoms with Gasteiger partial charge in [-0.3, -0.25) is 4.99 Å². The lowest BCUT2D eigenvalue weighted by atomic mass is 10.2. The Morgan fingerprint density at radius 2 is 1.81 bits per heavy atom. The summed E-state index contributed by atoms with van der Waals surface area (Å²) >= 11 is 5.98. The number of hydrogen-bond donors (Lipinski definition) is 0. The van der Waals surface area contributed by atoms with Gasteiger partial charge in [-0.25, -0.2) is 0 Å². The molecule has 0 radical (unpaired) electrons. The minimum Gasteiger partial charge on any atom is -0.457 e. The minimum absolute atomic E-state index is 0.660. The monoisotopic (exact) mass is 364 g/mol. The summed E-state index contributed by atoms with van der Waals surface area (Å²) in [5.41, 5.74) is 2.04. The molecule has 1 fully saturated rings. The van der Waals surface area contributed by atoms with Crippen LogP contribution in [0.3, 0.4) is 0 Å². The molecule has 0 atom stereocenters. The average molecular weight is 365 g/mol. The summed E-state index contributed by atoms with van der Waals surface area (Å²) in [6.07, 6.45) is 11.5. The summed E-state index contributed by atoms with van der Waals surface area (Å²) in [5, 5.41) is 0.660. The van der Waals surface area contributed by atoms with Crippen molar-refractivity contribution in [2.45, 2.75) is 31.7 Å². The van der Waals surface area contributed by atoms with Crippen molar-refractivity contribution in [1.82, 2.24) is 4.57 Å². The van der Waals surface area contributed by atoms with Crippen molar-refractivity contribution in [2.24, 2.45) is 4.99 Å². The molecule has 0 unspecified atom stereocenters. The summed E-state index contributed by atoms with van der Waals surface area (Å²) in [7, 11) is 0. The summed E-state index contributed by atoms with van der Waals surface area (Å²) in [6, 6.07) is 17.9. The van der Waals surface area contributed by atoms with Crippen molar-refractivity contribution in [2.75, 3.05) is 0 Å². The topological polar surface area (TPSA) is 26.5 Å². The lowest BCUT2D eigenvalue weighted by Crippen LogP contribution is -2.00. The fourth-order valence-corrected chi connectivity index (χ4v) is 3.53. The third-order valence-corrected chi connectivity index (χ3v) is 4.95. The van der Waals surface area contributed by atoms with Crippen molar-refractivity contribution in [1.29, 1.82) is 0 Å². The molecule has 1 aromatic heterocycles. The van der Waals surface area contributed by atoms with Crippen LogP contribution in [-0.4, -0.2) is 10.8 Å². The van der Waals surface area contributed by atoms with Gasteiger partial charge in [-0.1, -0.05) is 30.5 Å². The highest BCUT2D eigenvalue weighted by Gasteiger charge is 2.15. The van der Waals surface area contributed by atoms with Crippen molar-refractivity contribution in [3.05, 3.63) is 77.6 Å². The molecule has 0 bridgehead atoms. The first-order chi connectivity index (χ1) is 12.8. The van der Waals surface area contributed by atoms with E-state index in [2.05, 4.69) is 28.0 Å². The molecular weight excluding hydrogens is 344 g/mol. The minimum atomic E-state index is 0.660. The van der Waals surface area contributed by atoms with Gasteiger partial charge in [0, 0.05) is 35.2 Å². The van der Waals surface area contributed by atoms with E-state index >= 15 is 0 Å². The van der Waals surface area contributed by atoms with Gasteiger partial charge in [-0.05, 0) is 61.4 Å². The Bertz CT molecular complexity index is 893. The third-order valence-electron chi connectivity index (χ3n) is 4.71.